The van der Waals surface area contributed by atoms with Crippen molar-refractivity contribution in [2.75, 3.05) is 24.5 Å². The van der Waals surface area contributed by atoms with Crippen LogP contribution in [0.2, 0.25) is 0 Å². The Morgan fingerprint density at radius 1 is 1.44 bits per heavy atom. The first kappa shape index (κ1) is 13.3. The molecule has 0 aliphatic carbocycles. The second kappa shape index (κ2) is 6.19. The van der Waals surface area contributed by atoms with E-state index in [0.29, 0.717) is 6.04 Å². The Hall–Kier alpha value is -1.09. The lowest BCUT2D eigenvalue weighted by molar-refractivity contribution is 0.435. The van der Waals surface area contributed by atoms with Crippen LogP contribution in [0.1, 0.15) is 45.2 Å². The monoisotopic (exact) mass is 247 g/mol. The maximum Gasteiger partial charge on any atom is 0.133 e. The molecule has 0 spiro atoms. The van der Waals surface area contributed by atoms with Crippen LogP contribution in [-0.4, -0.2) is 24.6 Å². The lowest BCUT2D eigenvalue weighted by atomic mass is 9.98. The fourth-order valence-electron chi connectivity index (χ4n) is 2.65. The normalized spacial score (nSPS) is 18.9. The first-order valence-corrected chi connectivity index (χ1v) is 7.15. The quantitative estimate of drug-likeness (QED) is 0.886. The zero-order valence-corrected chi connectivity index (χ0v) is 11.8. The standard InChI is InChI=1S/C15H25N3/c1-4-16-13(3)14-6-5-9-17-15(14)18-10-7-12(2)8-11-18/h5-6,9,12-13,16H,4,7-8,10-11H2,1-3H3. The van der Waals surface area contributed by atoms with Gasteiger partial charge in [-0.3, -0.25) is 0 Å². The molecule has 1 saturated heterocycles. The van der Waals surface area contributed by atoms with Crippen molar-refractivity contribution in [2.45, 2.75) is 39.7 Å². The van der Waals surface area contributed by atoms with Crippen LogP contribution in [0.3, 0.4) is 0 Å². The fraction of sp³-hybridized carbons (Fsp3) is 0.667. The molecule has 0 bridgehead atoms. The molecule has 1 fully saturated rings. The predicted molar refractivity (Wildman–Crippen MR) is 76.9 cm³/mol. The van der Waals surface area contributed by atoms with Gasteiger partial charge in [-0.1, -0.05) is 19.9 Å². The number of nitrogens with zero attached hydrogens (tertiary/aromatic N) is 2. The van der Waals surface area contributed by atoms with Gasteiger partial charge >= 0.3 is 0 Å². The molecule has 1 aliphatic heterocycles. The summed E-state index contributed by atoms with van der Waals surface area (Å²) in [6, 6.07) is 4.62. The Kier molecular flexibility index (Phi) is 4.59. The Morgan fingerprint density at radius 3 is 2.83 bits per heavy atom. The number of anilines is 1. The van der Waals surface area contributed by atoms with Gasteiger partial charge in [0.1, 0.15) is 5.82 Å². The predicted octanol–water partition coefficient (Wildman–Crippen LogP) is 2.99. The zero-order valence-electron chi connectivity index (χ0n) is 11.8. The number of rotatable bonds is 4. The summed E-state index contributed by atoms with van der Waals surface area (Å²) in [6.45, 7) is 9.99. The molecule has 1 atom stereocenters. The van der Waals surface area contributed by atoms with Crippen molar-refractivity contribution >= 4 is 5.82 Å². The SMILES string of the molecule is CCNC(C)c1cccnc1N1CCC(C)CC1. The smallest absolute Gasteiger partial charge is 0.133 e. The Balaban J connectivity index is 2.16. The van der Waals surface area contributed by atoms with Gasteiger partial charge in [0.2, 0.25) is 0 Å². The van der Waals surface area contributed by atoms with E-state index >= 15 is 0 Å². The van der Waals surface area contributed by atoms with Gasteiger partial charge in [-0.15, -0.1) is 0 Å². The molecule has 18 heavy (non-hydrogen) atoms. The van der Waals surface area contributed by atoms with Crippen molar-refractivity contribution < 1.29 is 0 Å². The van der Waals surface area contributed by atoms with E-state index in [0.717, 1.165) is 25.6 Å². The van der Waals surface area contributed by atoms with Gasteiger partial charge in [-0.25, -0.2) is 4.98 Å². The minimum Gasteiger partial charge on any atom is -0.356 e. The van der Waals surface area contributed by atoms with E-state index in [9.17, 15) is 0 Å². The first-order valence-electron chi connectivity index (χ1n) is 7.15. The molecule has 3 nitrogen and oxygen atoms in total. The third kappa shape index (κ3) is 3.02. The van der Waals surface area contributed by atoms with Crippen molar-refractivity contribution in [2.24, 2.45) is 5.92 Å². The van der Waals surface area contributed by atoms with Gasteiger partial charge < -0.3 is 10.2 Å². The number of nitrogens with one attached hydrogen (secondary N) is 1. The summed E-state index contributed by atoms with van der Waals surface area (Å²) < 4.78 is 0. The van der Waals surface area contributed by atoms with Crippen molar-refractivity contribution in [3.8, 4) is 0 Å². The number of hydrogen-bond acceptors (Lipinski definition) is 3. The minimum atomic E-state index is 0.373. The highest BCUT2D eigenvalue weighted by atomic mass is 15.2. The van der Waals surface area contributed by atoms with E-state index in [1.54, 1.807) is 0 Å². The number of aromatic nitrogens is 1. The summed E-state index contributed by atoms with van der Waals surface area (Å²) >= 11 is 0. The molecule has 1 N–H and O–H groups in total. The molecule has 3 heteroatoms. The molecule has 2 rings (SSSR count). The molecule has 1 aromatic heterocycles. The lowest BCUT2D eigenvalue weighted by Gasteiger charge is -2.33. The highest BCUT2D eigenvalue weighted by Crippen LogP contribution is 2.27. The zero-order chi connectivity index (χ0) is 13.0. The van der Waals surface area contributed by atoms with E-state index in [-0.39, 0.29) is 0 Å². The maximum absolute atomic E-state index is 4.62. The molecule has 100 valence electrons. The van der Waals surface area contributed by atoms with Gasteiger partial charge in [0.25, 0.3) is 0 Å². The minimum absolute atomic E-state index is 0.373. The van der Waals surface area contributed by atoms with Gasteiger partial charge in [-0.2, -0.15) is 0 Å². The third-order valence-corrected chi connectivity index (χ3v) is 3.88. The summed E-state index contributed by atoms with van der Waals surface area (Å²) in [7, 11) is 0. The van der Waals surface area contributed by atoms with Crippen molar-refractivity contribution in [1.82, 2.24) is 10.3 Å². The summed E-state index contributed by atoms with van der Waals surface area (Å²) in [5, 5.41) is 3.48. The molecule has 2 heterocycles. The van der Waals surface area contributed by atoms with Gasteiger partial charge in [0, 0.05) is 30.9 Å². The molecule has 1 aromatic rings. The third-order valence-electron chi connectivity index (χ3n) is 3.88. The van der Waals surface area contributed by atoms with E-state index in [1.807, 2.05) is 12.3 Å². The van der Waals surface area contributed by atoms with E-state index in [1.165, 1.54) is 24.2 Å². The highest BCUT2D eigenvalue weighted by Gasteiger charge is 2.20. The maximum atomic E-state index is 4.62. The van der Waals surface area contributed by atoms with E-state index < -0.39 is 0 Å². The van der Waals surface area contributed by atoms with Crippen LogP contribution in [0.25, 0.3) is 0 Å². The molecule has 1 unspecified atom stereocenters. The second-order valence-corrected chi connectivity index (χ2v) is 5.37. The van der Waals surface area contributed by atoms with Crippen molar-refractivity contribution in [1.29, 1.82) is 0 Å². The number of pyridine rings is 1. The van der Waals surface area contributed by atoms with Crippen LogP contribution in [0.4, 0.5) is 5.82 Å². The summed E-state index contributed by atoms with van der Waals surface area (Å²) in [6.07, 6.45) is 4.48. The molecule has 1 aliphatic rings. The van der Waals surface area contributed by atoms with Gasteiger partial charge in [0.05, 0.1) is 0 Å². The van der Waals surface area contributed by atoms with Gasteiger partial charge in [0.15, 0.2) is 0 Å². The topological polar surface area (TPSA) is 28.2 Å². The van der Waals surface area contributed by atoms with E-state index in [4.69, 9.17) is 0 Å². The van der Waals surface area contributed by atoms with Crippen LogP contribution in [0.5, 0.6) is 0 Å². The lowest BCUT2D eigenvalue weighted by Crippen LogP contribution is -2.35. The van der Waals surface area contributed by atoms with Crippen LogP contribution < -0.4 is 10.2 Å². The van der Waals surface area contributed by atoms with Crippen LogP contribution in [-0.2, 0) is 0 Å². The average Bonchev–Trinajstić information content (AvgIpc) is 2.40. The molecule has 0 radical (unpaired) electrons. The van der Waals surface area contributed by atoms with E-state index in [2.05, 4.69) is 42.0 Å². The van der Waals surface area contributed by atoms with Crippen LogP contribution in [0, 0.1) is 5.92 Å². The molecular formula is C15H25N3. The van der Waals surface area contributed by atoms with Crippen molar-refractivity contribution in [3.63, 3.8) is 0 Å². The van der Waals surface area contributed by atoms with Crippen LogP contribution >= 0.6 is 0 Å². The summed E-state index contributed by atoms with van der Waals surface area (Å²) in [5.41, 5.74) is 1.33. The largest absolute Gasteiger partial charge is 0.356 e. The average molecular weight is 247 g/mol. The molecule has 0 amide bonds. The summed E-state index contributed by atoms with van der Waals surface area (Å²) in [5.74, 6) is 2.04. The highest BCUT2D eigenvalue weighted by molar-refractivity contribution is 5.48. The Bertz CT molecular complexity index is 370. The second-order valence-electron chi connectivity index (χ2n) is 5.37. The van der Waals surface area contributed by atoms with Crippen LogP contribution in [0.15, 0.2) is 18.3 Å². The Morgan fingerprint density at radius 2 is 2.17 bits per heavy atom. The number of piperidine rings is 1. The van der Waals surface area contributed by atoms with Crippen molar-refractivity contribution in [3.05, 3.63) is 23.9 Å². The fourth-order valence-corrected chi connectivity index (χ4v) is 2.65. The summed E-state index contributed by atoms with van der Waals surface area (Å²) in [4.78, 5) is 7.06. The number of hydrogen-bond donors (Lipinski definition) is 1. The molecule has 0 saturated carbocycles. The molecular weight excluding hydrogens is 222 g/mol. The first-order chi connectivity index (χ1) is 8.72. The molecule has 0 aromatic carbocycles. The Labute approximate surface area is 111 Å². The van der Waals surface area contributed by atoms with Gasteiger partial charge in [-0.05, 0) is 38.3 Å².